The largest absolute Gasteiger partial charge is 0.465 e. The first-order valence-corrected chi connectivity index (χ1v) is 161. The van der Waals surface area contributed by atoms with Gasteiger partial charge in [-0.2, -0.15) is 0 Å². The van der Waals surface area contributed by atoms with Gasteiger partial charge in [0.15, 0.2) is 196 Å². The molecule has 0 aromatic rings. The molecule has 0 aliphatic heterocycles. The van der Waals surface area contributed by atoms with Gasteiger partial charge in [-0.15, -0.1) is 0 Å². The Kier molecular flexibility index (Phi) is 70.5. The molecule has 59 heteroatoms. The van der Waals surface area contributed by atoms with E-state index in [1.54, 1.807) is 7.11 Å². The van der Waals surface area contributed by atoms with Gasteiger partial charge < -0.3 is 99.1 Å². The van der Waals surface area contributed by atoms with Gasteiger partial charge in [-0.05, 0) is 523 Å². The lowest BCUT2D eigenvalue weighted by Crippen LogP contribution is -2.56. The highest BCUT2D eigenvalue weighted by Gasteiger charge is 2.52. The van der Waals surface area contributed by atoms with Crippen LogP contribution in [-0.2, 0) is 99.1 Å². The number of rotatable bonds is 70. The summed E-state index contributed by atoms with van der Waals surface area (Å²) in [6.45, 7) is 166. The minimum absolute atomic E-state index is 0.926. The maximum absolute atomic E-state index is 7.03. The summed E-state index contributed by atoms with van der Waals surface area (Å²) in [5.41, 5.74) is 0. The van der Waals surface area contributed by atoms with E-state index in [4.69, 9.17) is 99.1 Å². The highest BCUT2D eigenvalue weighted by molar-refractivity contribution is 6.97. The standard InChI is InChI=1S/C28H80O7Si11.C23H66O6Si9.C18H50O4Si6.C14H42O5Si6.C7H22O2Si3/c1-36(2)29-46(22,30-37(3)4)35-43(16,17)28-27-42(14,15)34-45(20,21)33-41(12,13)26-25-40(10,11)32-44(18,19)31-39(8,9)24-23-38(5,6)7;1-30(2)24-36(14,15)26-32(6,7)20-21-34(10,11)28-38(18,19)29-35(12,13)23-22-33(8,9)27-37(16,17)25-31(3,4)5;1-15-16-24(5,6)20-28(13,14)22-26(9,10)18-17-25(7,8)21-27(11,12)19-23(2,3)4;1-15-24(10,11)18-22(6,7)13-14-23(8,9)19-25(12,16-20(2)3)17-21(4)5;1-10(2)8-12(6,7)9-11(3,4)5/h36-37H,23-28H2,1-22H3;30H,20-23H2,1-19H3;15-18H2,1-14H3;20-21H,13-14H2,1-12H3;10H,1-7H3. The van der Waals surface area contributed by atoms with Crippen LogP contribution in [0, 0.1) is 0 Å². The minimum atomic E-state index is -2.61. The molecule has 0 aromatic carbocycles. The molecule has 904 valence electrons. The summed E-state index contributed by atoms with van der Waals surface area (Å²) in [6, 6.07) is 17.0. The van der Waals surface area contributed by atoms with Gasteiger partial charge in [-0.25, -0.2) is 0 Å². The lowest BCUT2D eigenvalue weighted by atomic mass is 10.6. The quantitative estimate of drug-likeness (QED) is 0.0516. The molecule has 0 amide bonds. The van der Waals surface area contributed by atoms with Crippen LogP contribution in [0.1, 0.15) is 13.3 Å². The van der Waals surface area contributed by atoms with Gasteiger partial charge in [0.05, 0.1) is 0 Å². The smallest absolute Gasteiger partial charge is 0.440 e. The molecule has 0 saturated carbocycles. The first-order valence-electron chi connectivity index (χ1n) is 57.1. The highest BCUT2D eigenvalue weighted by atomic mass is 28.5. The summed E-state index contributed by atoms with van der Waals surface area (Å²) < 4.78 is 157. The number of hydrogen-bond donors (Lipinski definition) is 0. The molecule has 0 N–H and O–H groups in total. The Morgan fingerprint density at radius 1 is 0.134 bits per heavy atom. The SMILES string of the molecule is CCC[Si](C)(C)O[Si](C)(C)O[Si](C)(C)CC[Si](C)(C)O[Si](C)(C)O[Si](C)(C)C.CO[Si](C)(C)O[Si](C)(C)CC[Si](C)(C)O[Si](C)(O[SiH](C)C)O[SiH](C)C.C[SiH](C)O[Si](C)(C)O[Si](C)(C)C.C[SiH](C)O[Si](C)(C)O[Si](C)(C)CC[Si](C)(C)O[Si](C)(C)O[Si](C)(C)CC[Si](C)(C)O[Si](C)(C)O[Si](C)(C)C.C[SiH](C)O[Si](C)(O[SiH](C)C)O[Si](C)(C)CC[Si](C)(C)O[Si](C)(C)O[Si](C)(C)CC[Si](C)(C)O[Si](C)(C)O[Si](C)(C)CC[Si](C)(C)C. The normalized spacial score (nSPS) is 15.1. The predicted molar refractivity (Wildman–Crippen MR) is 746 cm³/mol. The van der Waals surface area contributed by atoms with Crippen molar-refractivity contribution in [2.24, 2.45) is 0 Å². The molecule has 0 rings (SSSR count). The summed E-state index contributed by atoms with van der Waals surface area (Å²) in [4.78, 5) is 0. The monoisotopic (exact) mass is 2710 g/mol. The maximum atomic E-state index is 7.03. The molecule has 0 spiro atoms. The summed E-state index contributed by atoms with van der Waals surface area (Å²) >= 11 is 0. The van der Waals surface area contributed by atoms with Crippen molar-refractivity contribution in [1.82, 2.24) is 0 Å². The van der Waals surface area contributed by atoms with Gasteiger partial charge in [-0.1, -0.05) is 39.0 Å². The fraction of sp³-hybridized carbons (Fsp3) is 1.00. The summed E-state index contributed by atoms with van der Waals surface area (Å²) in [5.74, 6) is 0. The third kappa shape index (κ3) is 95.1. The minimum Gasteiger partial charge on any atom is -0.440 e. The lowest BCUT2D eigenvalue weighted by Gasteiger charge is -2.42. The molecule has 0 bridgehead atoms. The van der Waals surface area contributed by atoms with Gasteiger partial charge in [0.2, 0.25) is 0 Å². The molecule has 0 heterocycles. The van der Waals surface area contributed by atoms with Crippen molar-refractivity contribution in [2.75, 3.05) is 7.11 Å². The number of hydrogen-bond acceptors (Lipinski definition) is 24. The first-order chi connectivity index (χ1) is 64.6. The van der Waals surface area contributed by atoms with Crippen LogP contribution < -0.4 is 0 Å². The van der Waals surface area contributed by atoms with Crippen LogP contribution in [0.15, 0.2) is 0 Å². The Morgan fingerprint density at radius 3 is 0.396 bits per heavy atom. The maximum Gasteiger partial charge on any atom is 0.465 e. The highest BCUT2D eigenvalue weighted by Crippen LogP contribution is 2.40. The van der Waals surface area contributed by atoms with E-state index in [9.17, 15) is 0 Å². The van der Waals surface area contributed by atoms with Crippen LogP contribution in [0.2, 0.25) is 562 Å². The molecule has 0 aliphatic carbocycles. The van der Waals surface area contributed by atoms with Gasteiger partial charge in [0, 0.05) is 28.3 Å². The van der Waals surface area contributed by atoms with E-state index in [1.807, 2.05) is 0 Å². The average Bonchev–Trinajstić information content (AvgIpc) is 0.667. The Balaban J connectivity index is -0.000000608. The van der Waals surface area contributed by atoms with Crippen LogP contribution in [0.25, 0.3) is 0 Å². The molecule has 0 radical (unpaired) electrons. The average molecular weight is 2710 g/mol. The second kappa shape index (κ2) is 64.1. The third-order valence-corrected chi connectivity index (χ3v) is 143. The molecule has 0 unspecified atom stereocenters. The van der Waals surface area contributed by atoms with Crippen LogP contribution >= 0.6 is 0 Å². The topological polar surface area (TPSA) is 222 Å². The van der Waals surface area contributed by atoms with Crippen molar-refractivity contribution in [3.8, 4) is 0 Å². The molecule has 24 nitrogen and oxygen atoms in total. The van der Waals surface area contributed by atoms with E-state index < -0.39 is 298 Å². The zero-order valence-corrected chi connectivity index (χ0v) is 149. The summed E-state index contributed by atoms with van der Waals surface area (Å²) in [7, 11) is -60.8. The zero-order valence-electron chi connectivity index (χ0n) is 113. The first kappa shape index (κ1) is 164. The van der Waals surface area contributed by atoms with Crippen LogP contribution in [0.5, 0.6) is 0 Å². The van der Waals surface area contributed by atoms with Crippen molar-refractivity contribution in [3.05, 3.63) is 0 Å². The van der Waals surface area contributed by atoms with Crippen molar-refractivity contribution in [3.63, 3.8) is 0 Å². The van der Waals surface area contributed by atoms with Gasteiger partial charge in [-0.3, -0.25) is 0 Å². The Bertz CT molecular complexity index is 3680. The second-order valence-corrected chi connectivity index (χ2v) is 197. The predicted octanol–water partition coefficient (Wildman–Crippen LogP) is 33.4. The van der Waals surface area contributed by atoms with E-state index in [0.717, 1.165) is 72.5 Å². The molecule has 0 atom stereocenters. The Morgan fingerprint density at radius 2 is 0.255 bits per heavy atom. The molecule has 0 saturated heterocycles. The molecular weight excluding hydrogens is 2450 g/mol. The second-order valence-electron chi connectivity index (χ2n) is 61.0. The van der Waals surface area contributed by atoms with Crippen LogP contribution in [-0.4, -0.2) is 305 Å². The summed E-state index contributed by atoms with van der Waals surface area (Å²) in [6.07, 6.45) is 1.20. The lowest BCUT2D eigenvalue weighted by molar-refractivity contribution is 0.270. The van der Waals surface area contributed by atoms with E-state index in [1.165, 1.54) is 24.6 Å². The van der Waals surface area contributed by atoms with Crippen molar-refractivity contribution in [2.45, 2.75) is 575 Å². The Hall–Kier alpha value is 6.63. The third-order valence-electron chi connectivity index (χ3n) is 22.5. The van der Waals surface area contributed by atoms with Crippen molar-refractivity contribution < 1.29 is 99.1 Å². The summed E-state index contributed by atoms with van der Waals surface area (Å²) in [5, 5.41) is 0. The van der Waals surface area contributed by atoms with Gasteiger partial charge in [0.25, 0.3) is 0 Å². The molecule has 0 aliphatic rings. The van der Waals surface area contributed by atoms with E-state index in [0.29, 0.717) is 0 Å². The van der Waals surface area contributed by atoms with Crippen LogP contribution in [0.3, 0.4) is 0 Å². The van der Waals surface area contributed by atoms with E-state index in [2.05, 4.69) is 478 Å². The van der Waals surface area contributed by atoms with E-state index in [-0.39, 0.29) is 0 Å². The molecular formula is C90H260O24Si35. The van der Waals surface area contributed by atoms with Crippen molar-refractivity contribution >= 4 is 298 Å². The van der Waals surface area contributed by atoms with Crippen LogP contribution in [0.4, 0.5) is 0 Å². The fourth-order valence-corrected chi connectivity index (χ4v) is 182. The fourth-order valence-electron chi connectivity index (χ4n) is 20.0. The van der Waals surface area contributed by atoms with Gasteiger partial charge in [0.1, 0.15) is 0 Å². The molecule has 0 fully saturated rings. The zero-order chi connectivity index (χ0) is 120. The molecule has 149 heavy (non-hydrogen) atoms. The van der Waals surface area contributed by atoms with E-state index >= 15 is 0 Å². The van der Waals surface area contributed by atoms with Gasteiger partial charge >= 0.3 is 94.7 Å². The Labute approximate surface area is 970 Å². The molecule has 0 aromatic heterocycles. The van der Waals surface area contributed by atoms with Crippen molar-refractivity contribution in [1.29, 1.82) is 0 Å².